The molecule has 0 aromatic carbocycles. The third-order valence-corrected chi connectivity index (χ3v) is 4.12. The first kappa shape index (κ1) is 15.6. The molecule has 1 heterocycles. The molecule has 0 spiro atoms. The third kappa shape index (κ3) is 4.04. The number of aryl methyl sites for hydroxylation is 2. The van der Waals surface area contributed by atoms with Gasteiger partial charge in [0.1, 0.15) is 5.01 Å². The maximum absolute atomic E-state index is 5.29. The summed E-state index contributed by atoms with van der Waals surface area (Å²) in [5, 5.41) is 4.81. The van der Waals surface area contributed by atoms with Crippen molar-refractivity contribution in [2.45, 2.75) is 53.1 Å². The van der Waals surface area contributed by atoms with Gasteiger partial charge in [0.15, 0.2) is 0 Å². The second kappa shape index (κ2) is 7.22. The molecule has 0 amide bonds. The smallest absolute Gasteiger partial charge is 0.110 e. The average molecular weight is 270 g/mol. The van der Waals surface area contributed by atoms with Gasteiger partial charge in [-0.15, -0.1) is 11.3 Å². The first-order chi connectivity index (χ1) is 8.49. The summed E-state index contributed by atoms with van der Waals surface area (Å²) in [5.74, 6) is 0.424. The molecule has 18 heavy (non-hydrogen) atoms. The normalized spacial score (nSPS) is 15.1. The van der Waals surface area contributed by atoms with E-state index in [4.69, 9.17) is 9.72 Å². The van der Waals surface area contributed by atoms with Crippen LogP contribution in [-0.4, -0.2) is 24.7 Å². The van der Waals surface area contributed by atoms with Crippen molar-refractivity contribution >= 4 is 11.3 Å². The van der Waals surface area contributed by atoms with Crippen LogP contribution in [0.5, 0.6) is 0 Å². The molecule has 0 radical (unpaired) electrons. The van der Waals surface area contributed by atoms with Crippen LogP contribution in [-0.2, 0) is 11.2 Å². The fourth-order valence-electron chi connectivity index (χ4n) is 2.11. The minimum absolute atomic E-state index is 0.286. The zero-order valence-corrected chi connectivity index (χ0v) is 13.2. The molecule has 0 aliphatic carbocycles. The van der Waals surface area contributed by atoms with E-state index in [1.165, 1.54) is 15.6 Å². The number of hydrogen-bond donors (Lipinski definition) is 1. The molecule has 0 saturated heterocycles. The number of nitrogens with one attached hydrogen (secondary N) is 1. The Morgan fingerprint density at radius 3 is 2.44 bits per heavy atom. The average Bonchev–Trinajstić information content (AvgIpc) is 2.67. The van der Waals surface area contributed by atoms with Gasteiger partial charge in [0.05, 0.1) is 18.3 Å². The molecule has 3 nitrogen and oxygen atoms in total. The summed E-state index contributed by atoms with van der Waals surface area (Å²) in [6.45, 7) is 11.6. The fraction of sp³-hybridized carbons (Fsp3) is 0.786. The number of aromatic nitrogens is 1. The summed E-state index contributed by atoms with van der Waals surface area (Å²) in [6.07, 6.45) is 1.01. The second-order valence-corrected chi connectivity index (χ2v) is 6.37. The van der Waals surface area contributed by atoms with Gasteiger partial charge in [-0.2, -0.15) is 0 Å². The first-order valence-electron chi connectivity index (χ1n) is 6.70. The van der Waals surface area contributed by atoms with Crippen LogP contribution in [0.4, 0.5) is 0 Å². The lowest BCUT2D eigenvalue weighted by Gasteiger charge is -2.25. The maximum atomic E-state index is 5.29. The lowest BCUT2D eigenvalue weighted by molar-refractivity contribution is 0.136. The molecule has 0 fully saturated rings. The van der Waals surface area contributed by atoms with E-state index in [2.05, 4.69) is 39.9 Å². The Labute approximate surface area is 115 Å². The van der Waals surface area contributed by atoms with Crippen LogP contribution >= 0.6 is 11.3 Å². The van der Waals surface area contributed by atoms with Crippen LogP contribution in [0.15, 0.2) is 0 Å². The molecule has 0 aliphatic heterocycles. The van der Waals surface area contributed by atoms with Crippen molar-refractivity contribution in [1.29, 1.82) is 0 Å². The van der Waals surface area contributed by atoms with E-state index in [9.17, 15) is 0 Å². The Hall–Kier alpha value is -0.450. The van der Waals surface area contributed by atoms with Crippen molar-refractivity contribution in [2.75, 3.05) is 13.7 Å². The van der Waals surface area contributed by atoms with Gasteiger partial charge in [0.2, 0.25) is 0 Å². The minimum Gasteiger partial charge on any atom is -0.384 e. The quantitative estimate of drug-likeness (QED) is 0.825. The van der Waals surface area contributed by atoms with Crippen molar-refractivity contribution in [3.05, 3.63) is 15.6 Å². The van der Waals surface area contributed by atoms with E-state index in [1.54, 1.807) is 7.11 Å². The Bertz CT molecular complexity index is 363. The van der Waals surface area contributed by atoms with Crippen molar-refractivity contribution in [2.24, 2.45) is 5.92 Å². The van der Waals surface area contributed by atoms with E-state index < -0.39 is 0 Å². The molecule has 4 heteroatoms. The summed E-state index contributed by atoms with van der Waals surface area (Å²) < 4.78 is 5.29. The molecule has 0 aliphatic rings. The Morgan fingerprint density at radius 2 is 2.00 bits per heavy atom. The van der Waals surface area contributed by atoms with Crippen LogP contribution in [0.2, 0.25) is 0 Å². The third-order valence-electron chi connectivity index (χ3n) is 3.02. The molecule has 0 bridgehead atoms. The lowest BCUT2D eigenvalue weighted by atomic mass is 10.0. The monoisotopic (exact) mass is 270 g/mol. The molecule has 1 aromatic heterocycles. The van der Waals surface area contributed by atoms with E-state index in [1.807, 2.05) is 11.3 Å². The molecule has 1 aromatic rings. The van der Waals surface area contributed by atoms with Crippen LogP contribution in [0, 0.1) is 12.8 Å². The topological polar surface area (TPSA) is 34.2 Å². The van der Waals surface area contributed by atoms with E-state index in [0.29, 0.717) is 12.0 Å². The van der Waals surface area contributed by atoms with Crippen LogP contribution in [0.25, 0.3) is 0 Å². The minimum atomic E-state index is 0.286. The summed E-state index contributed by atoms with van der Waals surface area (Å²) in [6, 6.07) is 0.734. The number of methoxy groups -OCH3 is 1. The van der Waals surface area contributed by atoms with Crippen molar-refractivity contribution < 1.29 is 4.74 Å². The summed E-state index contributed by atoms with van der Waals surface area (Å²) in [7, 11) is 1.76. The number of hydrogen-bond acceptors (Lipinski definition) is 4. The van der Waals surface area contributed by atoms with Gasteiger partial charge >= 0.3 is 0 Å². The number of ether oxygens (including phenoxy) is 1. The van der Waals surface area contributed by atoms with Gasteiger partial charge in [-0.1, -0.05) is 27.7 Å². The maximum Gasteiger partial charge on any atom is 0.110 e. The Kier molecular flexibility index (Phi) is 6.26. The standard InChI is InChI=1S/C14H26N2OS/c1-7-12-11(5)18-14(16-12)13(15-9(2)3)10(4)8-17-6/h9-10,13,15H,7-8H2,1-6H3. The molecule has 2 atom stereocenters. The molecule has 1 N–H and O–H groups in total. The van der Waals surface area contributed by atoms with Crippen LogP contribution < -0.4 is 5.32 Å². The van der Waals surface area contributed by atoms with Gasteiger partial charge in [-0.3, -0.25) is 0 Å². The van der Waals surface area contributed by atoms with Crippen LogP contribution in [0.1, 0.15) is 49.3 Å². The van der Waals surface area contributed by atoms with Crippen molar-refractivity contribution in [3.63, 3.8) is 0 Å². The van der Waals surface area contributed by atoms with Gasteiger partial charge in [0, 0.05) is 23.9 Å². The molecule has 1 rings (SSSR count). The van der Waals surface area contributed by atoms with Crippen LogP contribution in [0.3, 0.4) is 0 Å². The molecule has 2 unspecified atom stereocenters. The van der Waals surface area contributed by atoms with E-state index in [-0.39, 0.29) is 6.04 Å². The number of nitrogens with zero attached hydrogens (tertiary/aromatic N) is 1. The summed E-state index contributed by atoms with van der Waals surface area (Å²) in [5.41, 5.74) is 1.23. The van der Waals surface area contributed by atoms with Gasteiger partial charge in [-0.25, -0.2) is 4.98 Å². The Balaban J connectivity index is 2.93. The number of rotatable bonds is 7. The highest BCUT2D eigenvalue weighted by Crippen LogP contribution is 2.29. The van der Waals surface area contributed by atoms with Crippen molar-refractivity contribution in [3.8, 4) is 0 Å². The predicted molar refractivity (Wildman–Crippen MR) is 78.3 cm³/mol. The predicted octanol–water partition coefficient (Wildman–Crippen LogP) is 3.34. The number of thiazole rings is 1. The largest absolute Gasteiger partial charge is 0.384 e. The molecular formula is C14H26N2OS. The SMILES string of the molecule is CCc1nc(C(NC(C)C)C(C)COC)sc1C. The summed E-state index contributed by atoms with van der Waals surface area (Å²) in [4.78, 5) is 6.13. The highest BCUT2D eigenvalue weighted by molar-refractivity contribution is 7.11. The fourth-order valence-corrected chi connectivity index (χ4v) is 3.31. The Morgan fingerprint density at radius 1 is 1.33 bits per heavy atom. The van der Waals surface area contributed by atoms with Gasteiger partial charge in [-0.05, 0) is 13.3 Å². The van der Waals surface area contributed by atoms with Gasteiger partial charge in [0.25, 0.3) is 0 Å². The second-order valence-electron chi connectivity index (χ2n) is 5.14. The summed E-state index contributed by atoms with van der Waals surface area (Å²) >= 11 is 1.81. The highest BCUT2D eigenvalue weighted by atomic mass is 32.1. The highest BCUT2D eigenvalue weighted by Gasteiger charge is 2.23. The molecular weight excluding hydrogens is 244 g/mol. The lowest BCUT2D eigenvalue weighted by Crippen LogP contribution is -2.34. The van der Waals surface area contributed by atoms with Crippen molar-refractivity contribution in [1.82, 2.24) is 10.3 Å². The first-order valence-corrected chi connectivity index (χ1v) is 7.52. The zero-order chi connectivity index (χ0) is 13.7. The van der Waals surface area contributed by atoms with E-state index >= 15 is 0 Å². The zero-order valence-electron chi connectivity index (χ0n) is 12.4. The van der Waals surface area contributed by atoms with E-state index in [0.717, 1.165) is 13.0 Å². The molecule has 0 saturated carbocycles. The molecule has 104 valence electrons. The van der Waals surface area contributed by atoms with Gasteiger partial charge < -0.3 is 10.1 Å².